The quantitative estimate of drug-likeness (QED) is 0.784. The van der Waals surface area contributed by atoms with Crippen LogP contribution in [0.4, 0.5) is 0 Å². The summed E-state index contributed by atoms with van der Waals surface area (Å²) in [6, 6.07) is 5.41. The normalized spacial score (nSPS) is 13.0. The highest BCUT2D eigenvalue weighted by molar-refractivity contribution is 5.79. The molecule has 0 unspecified atom stereocenters. The predicted octanol–water partition coefficient (Wildman–Crippen LogP) is 2.34. The smallest absolute Gasteiger partial charge is 0.244 e. The second-order valence-corrected chi connectivity index (χ2v) is 4.99. The van der Waals surface area contributed by atoms with Crippen LogP contribution in [-0.2, 0) is 0 Å². The van der Waals surface area contributed by atoms with E-state index in [-0.39, 0.29) is 12.0 Å². The van der Waals surface area contributed by atoms with Gasteiger partial charge in [0, 0.05) is 18.0 Å². The lowest BCUT2D eigenvalue weighted by Crippen LogP contribution is -2.16. The van der Waals surface area contributed by atoms with E-state index in [1.165, 1.54) is 0 Å². The minimum Gasteiger partial charge on any atom is -0.337 e. The summed E-state index contributed by atoms with van der Waals surface area (Å²) in [7, 11) is 0. The van der Waals surface area contributed by atoms with E-state index in [1.807, 2.05) is 32.0 Å². The molecule has 2 heterocycles. The van der Waals surface area contributed by atoms with Crippen molar-refractivity contribution in [2.24, 2.45) is 11.7 Å². The van der Waals surface area contributed by atoms with Crippen LogP contribution in [0.1, 0.15) is 25.8 Å². The molecule has 0 saturated heterocycles. The maximum atomic E-state index is 6.00. The number of nitrogens with two attached hydrogens (primary N) is 1. The van der Waals surface area contributed by atoms with Gasteiger partial charge < -0.3 is 10.3 Å². The van der Waals surface area contributed by atoms with Crippen molar-refractivity contribution in [3.8, 4) is 11.4 Å². The molecule has 1 aromatic carbocycles. The zero-order valence-corrected chi connectivity index (χ0v) is 11.3. The Bertz CT molecular complexity index is 737. The molecule has 1 atom stereocenters. The number of nitrogens with zero attached hydrogens (tertiary/aromatic N) is 4. The molecule has 0 fully saturated rings. The van der Waals surface area contributed by atoms with E-state index >= 15 is 0 Å². The van der Waals surface area contributed by atoms with Gasteiger partial charge in [0.05, 0.1) is 17.1 Å². The van der Waals surface area contributed by atoms with E-state index in [1.54, 1.807) is 12.4 Å². The summed E-state index contributed by atoms with van der Waals surface area (Å²) in [5.41, 5.74) is 8.47. The van der Waals surface area contributed by atoms with Crippen molar-refractivity contribution in [3.63, 3.8) is 0 Å². The van der Waals surface area contributed by atoms with E-state index < -0.39 is 0 Å². The molecule has 0 aliphatic rings. The minimum absolute atomic E-state index is 0.241. The lowest BCUT2D eigenvalue weighted by molar-refractivity contribution is 0.325. The van der Waals surface area contributed by atoms with E-state index in [9.17, 15) is 0 Å². The van der Waals surface area contributed by atoms with Crippen LogP contribution in [-0.4, -0.2) is 20.1 Å². The zero-order chi connectivity index (χ0) is 14.1. The van der Waals surface area contributed by atoms with E-state index in [4.69, 9.17) is 10.3 Å². The van der Waals surface area contributed by atoms with Crippen LogP contribution in [0.25, 0.3) is 22.4 Å². The second kappa shape index (κ2) is 4.97. The Balaban J connectivity index is 1.99. The first-order valence-electron chi connectivity index (χ1n) is 6.45. The summed E-state index contributed by atoms with van der Waals surface area (Å²) in [5, 5.41) is 3.98. The van der Waals surface area contributed by atoms with Gasteiger partial charge in [-0.1, -0.05) is 19.0 Å². The van der Waals surface area contributed by atoms with Crippen molar-refractivity contribution >= 4 is 11.0 Å². The average Bonchev–Trinajstić information content (AvgIpc) is 2.95. The fourth-order valence-corrected chi connectivity index (χ4v) is 1.88. The molecular formula is C14H15N5O. The Morgan fingerprint density at radius 2 is 1.85 bits per heavy atom. The van der Waals surface area contributed by atoms with Gasteiger partial charge in [0.1, 0.15) is 0 Å². The Morgan fingerprint density at radius 1 is 1.10 bits per heavy atom. The number of aromatic nitrogens is 4. The third-order valence-electron chi connectivity index (χ3n) is 3.17. The van der Waals surface area contributed by atoms with E-state index in [2.05, 4.69) is 20.1 Å². The third-order valence-corrected chi connectivity index (χ3v) is 3.17. The van der Waals surface area contributed by atoms with Gasteiger partial charge in [-0.2, -0.15) is 4.98 Å². The fourth-order valence-electron chi connectivity index (χ4n) is 1.88. The Morgan fingerprint density at radius 3 is 2.60 bits per heavy atom. The highest BCUT2D eigenvalue weighted by Crippen LogP contribution is 2.23. The molecule has 0 aliphatic heterocycles. The molecule has 2 N–H and O–H groups in total. The van der Waals surface area contributed by atoms with Crippen LogP contribution in [0.15, 0.2) is 35.1 Å². The molecule has 2 aromatic heterocycles. The van der Waals surface area contributed by atoms with Gasteiger partial charge in [-0.3, -0.25) is 9.97 Å². The first-order chi connectivity index (χ1) is 9.65. The maximum absolute atomic E-state index is 6.00. The number of hydrogen-bond donors (Lipinski definition) is 1. The summed E-state index contributed by atoms with van der Waals surface area (Å²) in [6.07, 6.45) is 3.32. The Hall–Kier alpha value is -2.34. The molecule has 3 aromatic rings. The van der Waals surface area contributed by atoms with Gasteiger partial charge in [-0.25, -0.2) is 0 Å². The monoisotopic (exact) mass is 269 g/mol. The van der Waals surface area contributed by atoms with Crippen molar-refractivity contribution < 1.29 is 4.52 Å². The van der Waals surface area contributed by atoms with Crippen LogP contribution < -0.4 is 5.73 Å². The van der Waals surface area contributed by atoms with Gasteiger partial charge in [-0.05, 0) is 24.1 Å². The van der Waals surface area contributed by atoms with Crippen molar-refractivity contribution in [2.45, 2.75) is 19.9 Å². The summed E-state index contributed by atoms with van der Waals surface area (Å²) >= 11 is 0. The lowest BCUT2D eigenvalue weighted by atomic mass is 10.1. The lowest BCUT2D eigenvalue weighted by Gasteiger charge is -2.09. The SMILES string of the molecule is CC(C)[C@@H](N)c1nc(-c2ccc3nccnc3c2)no1. The molecule has 20 heavy (non-hydrogen) atoms. The first kappa shape index (κ1) is 12.7. The Kier molecular flexibility index (Phi) is 3.15. The topological polar surface area (TPSA) is 90.7 Å². The molecular weight excluding hydrogens is 254 g/mol. The number of rotatable bonds is 3. The van der Waals surface area contributed by atoms with Gasteiger partial charge >= 0.3 is 0 Å². The Labute approximate surface area is 116 Å². The molecule has 0 spiro atoms. The summed E-state index contributed by atoms with van der Waals surface area (Å²) in [4.78, 5) is 12.8. The number of fused-ring (bicyclic) bond motifs is 1. The maximum Gasteiger partial charge on any atom is 0.244 e. The molecule has 0 aliphatic carbocycles. The van der Waals surface area contributed by atoms with Crippen molar-refractivity contribution in [2.75, 3.05) is 0 Å². The largest absolute Gasteiger partial charge is 0.337 e. The van der Waals surface area contributed by atoms with Gasteiger partial charge in [0.15, 0.2) is 0 Å². The number of hydrogen-bond acceptors (Lipinski definition) is 6. The van der Waals surface area contributed by atoms with E-state index in [0.29, 0.717) is 11.7 Å². The predicted molar refractivity (Wildman–Crippen MR) is 74.6 cm³/mol. The molecule has 0 bridgehead atoms. The standard InChI is InChI=1S/C14H15N5O/c1-8(2)12(15)14-18-13(19-20-14)9-3-4-10-11(7-9)17-6-5-16-10/h3-8,12H,15H2,1-2H3/t12-/m1/s1. The summed E-state index contributed by atoms with van der Waals surface area (Å²) in [6.45, 7) is 4.03. The molecule has 0 amide bonds. The summed E-state index contributed by atoms with van der Waals surface area (Å²) < 4.78 is 5.23. The zero-order valence-electron chi connectivity index (χ0n) is 11.3. The van der Waals surface area contributed by atoms with Crippen LogP contribution >= 0.6 is 0 Å². The third kappa shape index (κ3) is 2.25. The van der Waals surface area contributed by atoms with E-state index in [0.717, 1.165) is 16.6 Å². The fraction of sp³-hybridized carbons (Fsp3) is 0.286. The van der Waals surface area contributed by atoms with Crippen LogP contribution in [0.2, 0.25) is 0 Å². The molecule has 0 radical (unpaired) electrons. The van der Waals surface area contributed by atoms with Crippen LogP contribution in [0, 0.1) is 5.92 Å². The molecule has 102 valence electrons. The van der Waals surface area contributed by atoms with Crippen LogP contribution in [0.5, 0.6) is 0 Å². The molecule has 6 heteroatoms. The molecule has 3 rings (SSSR count). The van der Waals surface area contributed by atoms with Gasteiger partial charge in [0.25, 0.3) is 0 Å². The second-order valence-electron chi connectivity index (χ2n) is 4.99. The summed E-state index contributed by atoms with van der Waals surface area (Å²) in [5.74, 6) is 1.21. The van der Waals surface area contributed by atoms with Gasteiger partial charge in [0.2, 0.25) is 11.7 Å². The van der Waals surface area contributed by atoms with Crippen molar-refractivity contribution in [3.05, 3.63) is 36.5 Å². The first-order valence-corrected chi connectivity index (χ1v) is 6.45. The molecule has 6 nitrogen and oxygen atoms in total. The van der Waals surface area contributed by atoms with Gasteiger partial charge in [-0.15, -0.1) is 0 Å². The highest BCUT2D eigenvalue weighted by atomic mass is 16.5. The van der Waals surface area contributed by atoms with Crippen molar-refractivity contribution in [1.82, 2.24) is 20.1 Å². The molecule has 0 saturated carbocycles. The average molecular weight is 269 g/mol. The number of benzene rings is 1. The van der Waals surface area contributed by atoms with Crippen molar-refractivity contribution in [1.29, 1.82) is 0 Å². The highest BCUT2D eigenvalue weighted by Gasteiger charge is 2.18. The minimum atomic E-state index is -0.253. The van der Waals surface area contributed by atoms with Crippen LogP contribution in [0.3, 0.4) is 0 Å².